The molecular weight excluding hydrogens is 1680 g/mol. The minimum absolute atomic E-state index is 0.0266. The van der Waals surface area contributed by atoms with Crippen LogP contribution in [0.25, 0.3) is 0 Å². The van der Waals surface area contributed by atoms with E-state index in [0.717, 1.165) is 80.5 Å². The normalized spacial score (nSPS) is 25.3. The van der Waals surface area contributed by atoms with Gasteiger partial charge in [0, 0.05) is 141 Å². The summed E-state index contributed by atoms with van der Waals surface area (Å²) in [6.07, 6.45) is 23.2. The molecule has 3 saturated carbocycles. The minimum Gasteiger partial charge on any atom is -0.490 e. The monoisotopic (exact) mass is 1850 g/mol. The summed E-state index contributed by atoms with van der Waals surface area (Å²) in [5.41, 5.74) is 20.3. The van der Waals surface area contributed by atoms with Gasteiger partial charge in [0.2, 0.25) is 17.4 Å². The molecule has 6 aromatic carbocycles. The third-order valence-corrected chi connectivity index (χ3v) is 39.7. The molecule has 3 aliphatic heterocycles. The maximum absolute atomic E-state index is 6.95. The van der Waals surface area contributed by atoms with E-state index in [1.54, 1.807) is 0 Å². The van der Waals surface area contributed by atoms with Gasteiger partial charge in [-0.05, 0) is 180 Å². The third-order valence-electron chi connectivity index (χ3n) is 26.6. The van der Waals surface area contributed by atoms with E-state index in [9.17, 15) is 0 Å². The van der Waals surface area contributed by atoms with Crippen LogP contribution in [0.1, 0.15) is 385 Å². The summed E-state index contributed by atoms with van der Waals surface area (Å²) in [6.45, 7) is 67.5. The van der Waals surface area contributed by atoms with Crippen molar-refractivity contribution in [1.82, 2.24) is 0 Å². The number of hydrogen-bond acceptors (Lipinski definition) is 8. The van der Waals surface area contributed by atoms with Gasteiger partial charge in [-0.25, -0.2) is 0 Å². The molecule has 12 unspecified atom stereocenters. The first-order valence-electron chi connectivity index (χ1n) is 48.2. The number of ether oxygens (including phenoxy) is 8. The lowest BCUT2D eigenvalue weighted by Crippen LogP contribution is -2.36. The van der Waals surface area contributed by atoms with Crippen molar-refractivity contribution < 1.29 is 37.9 Å². The molecule has 0 radical (unpaired) electrons. The first-order chi connectivity index (χ1) is 59.0. The Bertz CT molecular complexity index is 4460. The number of benzene rings is 6. The van der Waals surface area contributed by atoms with E-state index in [0.29, 0.717) is 44.7 Å². The van der Waals surface area contributed by atoms with Gasteiger partial charge in [0.05, 0.1) is 13.2 Å². The van der Waals surface area contributed by atoms with Crippen LogP contribution in [0.3, 0.4) is 0 Å². The van der Waals surface area contributed by atoms with E-state index in [-0.39, 0.29) is 95.4 Å². The van der Waals surface area contributed by atoms with Gasteiger partial charge >= 0.3 is 0 Å². The summed E-state index contributed by atoms with van der Waals surface area (Å²) in [5, 5.41) is 3.40. The van der Waals surface area contributed by atoms with Gasteiger partial charge in [-0.3, -0.25) is 0 Å². The van der Waals surface area contributed by atoms with E-state index in [4.69, 9.17) is 73.1 Å². The highest BCUT2D eigenvalue weighted by Gasteiger charge is 2.40. The molecule has 8 nitrogen and oxygen atoms in total. The summed E-state index contributed by atoms with van der Waals surface area (Å²) in [6, 6.07) is 27.9. The van der Waals surface area contributed by atoms with Crippen LogP contribution in [-0.2, 0) is 67.0 Å². The van der Waals surface area contributed by atoms with Crippen molar-refractivity contribution in [1.29, 1.82) is 0 Å². The van der Waals surface area contributed by atoms with Crippen LogP contribution < -0.4 is 37.9 Å². The molecule has 12 atom stereocenters. The lowest BCUT2D eigenvalue weighted by atomic mass is 9.85. The second-order valence-corrected chi connectivity index (χ2v) is 57.3. The smallest absolute Gasteiger partial charge is 0.246 e. The van der Waals surface area contributed by atoms with Crippen molar-refractivity contribution in [3.63, 3.8) is 0 Å². The molecule has 127 heavy (non-hydrogen) atoms. The van der Waals surface area contributed by atoms with Crippen molar-refractivity contribution in [3.8, 4) is 46.0 Å². The quantitative estimate of drug-likeness (QED) is 0.162. The molecule has 3 fully saturated rings. The zero-order chi connectivity index (χ0) is 93.8. The van der Waals surface area contributed by atoms with E-state index in [2.05, 4.69) is 253 Å². The molecule has 3 aliphatic carbocycles. The van der Waals surface area contributed by atoms with Crippen LogP contribution in [0.5, 0.6) is 46.0 Å². The van der Waals surface area contributed by atoms with Crippen LogP contribution in [0.15, 0.2) is 72.8 Å². The van der Waals surface area contributed by atoms with Crippen LogP contribution in [0.4, 0.5) is 0 Å². The molecule has 0 aromatic heterocycles. The molecule has 3 heterocycles. The molecule has 708 valence electrons. The van der Waals surface area contributed by atoms with Gasteiger partial charge in [-0.15, -0.1) is 0 Å². The zero-order valence-electron chi connectivity index (χ0n) is 85.2. The summed E-state index contributed by atoms with van der Waals surface area (Å²) in [7, 11) is -0.334. The van der Waals surface area contributed by atoms with Crippen molar-refractivity contribution in [3.05, 3.63) is 162 Å². The van der Waals surface area contributed by atoms with Crippen LogP contribution in [-0.4, -0.2) is 97.3 Å². The van der Waals surface area contributed by atoms with Crippen LogP contribution in [0, 0.1) is 27.7 Å². The average Bonchev–Trinajstić information content (AvgIpc) is 1.77. The lowest BCUT2D eigenvalue weighted by molar-refractivity contribution is -0.0847. The standard InChI is InChI=1S/C39H60O4S2.2C37H56O2S2/c1-13-40-31-23-29(37(3,4)5)21-27-25-44(11)33-19-17-15-16-18-20-34(33)45(12)26-28-22-30(38(6,7)8)24-32(41-14-2)36(28)43-39(9,10)42-35(27)31;2*1-25-19-29(35(3,4)5)21-27-23-40(11)31-17-15-13-14-16-18-32(31)41(12)24-28-22-30(36(6,7)8)20-26(2)34(28)39-37(9,10)38-33(25)27/h21-24,33-34H,11-20,25-26H2,1-10H3;2*19-22,31-32H,11-18,23-24H2,1-10H3. The second-order valence-electron chi connectivity index (χ2n) is 45.5. The molecular formula is C113H172O8S6. The molecule has 12 rings (SSSR count). The van der Waals surface area contributed by atoms with Gasteiger partial charge < -0.3 is 37.9 Å². The van der Waals surface area contributed by atoms with Crippen molar-refractivity contribution in [2.45, 2.75) is 439 Å². The van der Waals surface area contributed by atoms with Gasteiger partial charge in [0.1, 0.15) is 23.0 Å². The molecule has 0 saturated heterocycles. The molecule has 6 aromatic rings. The maximum Gasteiger partial charge on any atom is 0.246 e. The van der Waals surface area contributed by atoms with Crippen LogP contribution >= 0.6 is 62.9 Å². The number of aryl methyl sites for hydroxylation is 4. The van der Waals surface area contributed by atoms with E-state index in [1.807, 2.05) is 27.7 Å². The van der Waals surface area contributed by atoms with Gasteiger partial charge in [0.15, 0.2) is 23.0 Å². The Kier molecular flexibility index (Phi) is 34.7. The number of fused-ring (bicyclic) bond motifs is 9. The predicted molar refractivity (Wildman–Crippen MR) is 574 cm³/mol. The highest BCUT2D eigenvalue weighted by Crippen LogP contribution is 2.54. The molecule has 0 bridgehead atoms. The van der Waals surface area contributed by atoms with E-state index in [1.165, 1.54) is 205 Å². The van der Waals surface area contributed by atoms with Crippen molar-refractivity contribution in [2.75, 3.05) is 13.2 Å². The summed E-state index contributed by atoms with van der Waals surface area (Å²) in [4.78, 5) is 0. The second kappa shape index (κ2) is 42.3. The fourth-order valence-electron chi connectivity index (χ4n) is 19.2. The largest absolute Gasteiger partial charge is 0.490 e. The topological polar surface area (TPSA) is 73.8 Å². The van der Waals surface area contributed by atoms with Crippen LogP contribution in [0.2, 0.25) is 0 Å². The molecule has 0 N–H and O–H groups in total. The van der Waals surface area contributed by atoms with Crippen molar-refractivity contribution in [2.24, 2.45) is 0 Å². The highest BCUT2D eigenvalue weighted by molar-refractivity contribution is 8.18. The van der Waals surface area contributed by atoms with Gasteiger partial charge in [0.25, 0.3) is 0 Å². The molecule has 6 aliphatic rings. The van der Waals surface area contributed by atoms with E-state index < -0.39 is 17.4 Å². The van der Waals surface area contributed by atoms with Crippen molar-refractivity contribution >= 4 is 98.1 Å². The maximum atomic E-state index is 6.95. The Morgan fingerprint density at radius 1 is 0.260 bits per heavy atom. The number of hydrogen-bond donors (Lipinski definition) is 0. The molecule has 0 amide bonds. The van der Waals surface area contributed by atoms with Gasteiger partial charge in [-0.2, -0.15) is 62.9 Å². The summed E-state index contributed by atoms with van der Waals surface area (Å²) < 4.78 is 54.2. The van der Waals surface area contributed by atoms with E-state index >= 15 is 0 Å². The Labute approximate surface area is 789 Å². The average molecular weight is 1850 g/mol. The third kappa shape index (κ3) is 27.4. The fraction of sp³-hybridized carbons (Fsp3) is 0.628. The highest BCUT2D eigenvalue weighted by atomic mass is 32.2. The summed E-state index contributed by atoms with van der Waals surface area (Å²) >= 11 is 0. The SMILES string of the molecule is C=S1Cc2cc(C(C)(C)C)cc(C)c2OC(C)(C)Oc2c(C)cc(C(C)(C)C)cc2CS(=C)C2CCCCCCC21.C=S1Cc2cc(C(C)(C)C)cc(C)c2OC(C)(C)Oc2c(C)cc(C(C)(C)C)cc2CS(=C)C2CCCCCCC21.C=S1Cc2cc(C(C)(C)C)cc(OCC)c2OC(C)(C)Oc2c(cc(C(C)(C)C)cc2OCC)CS(=C)C2CCCCCCC21. The first kappa shape index (κ1) is 104. The zero-order valence-corrected chi connectivity index (χ0v) is 90.1. The Balaban J connectivity index is 0.000000199. The summed E-state index contributed by atoms with van der Waals surface area (Å²) in [5.74, 6) is 39.4. The first-order valence-corrected chi connectivity index (χ1v) is 58.0. The minimum atomic E-state index is -0.997. The predicted octanol–water partition coefficient (Wildman–Crippen LogP) is 32.0. The van der Waals surface area contributed by atoms with Gasteiger partial charge in [-0.1, -0.05) is 298 Å². The Hall–Kier alpha value is -4.96. The fourth-order valence-corrected chi connectivity index (χ4v) is 33.4. The Morgan fingerprint density at radius 2 is 0.417 bits per heavy atom. The number of rotatable bonds is 4. The molecule has 0 spiro atoms. The molecule has 14 heteroatoms. The Morgan fingerprint density at radius 3 is 0.583 bits per heavy atom. The lowest BCUT2D eigenvalue weighted by Gasteiger charge is -2.34.